The Kier molecular flexibility index (Phi) is 4.19. The quantitative estimate of drug-likeness (QED) is 0.699. The second kappa shape index (κ2) is 5.20. The molecule has 1 rings (SSSR count). The number of carboxylic acids is 1. The number of alkyl halides is 1. The summed E-state index contributed by atoms with van der Waals surface area (Å²) in [6, 6.07) is 2.55. The van der Waals surface area contributed by atoms with Crippen molar-refractivity contribution >= 4 is 21.9 Å². The lowest BCUT2D eigenvalue weighted by Crippen LogP contribution is -2.20. The molecule has 0 aromatic carbocycles. The summed E-state index contributed by atoms with van der Waals surface area (Å²) >= 11 is 3.01. The first kappa shape index (κ1) is 12.1. The summed E-state index contributed by atoms with van der Waals surface area (Å²) in [4.78, 5) is 14.4. The number of aliphatic hydroxyl groups excluding tert-OH is 2. The number of aromatic carboxylic acids is 1. The molecule has 3 N–H and O–H groups in total. The summed E-state index contributed by atoms with van der Waals surface area (Å²) in [6.45, 7) is 0. The fraction of sp³-hybridized carbons (Fsp3) is 0.333. The number of carbonyl (C=O) groups is 1. The van der Waals surface area contributed by atoms with Crippen LogP contribution in [0.1, 0.15) is 22.2 Å². The molecule has 0 amide bonds. The van der Waals surface area contributed by atoms with Crippen LogP contribution in [0.4, 0.5) is 0 Å². The van der Waals surface area contributed by atoms with Crippen LogP contribution in [0.3, 0.4) is 0 Å². The summed E-state index contributed by atoms with van der Waals surface area (Å²) in [7, 11) is 0. The van der Waals surface area contributed by atoms with Crippen LogP contribution < -0.4 is 0 Å². The maximum absolute atomic E-state index is 10.6. The molecule has 2 unspecified atom stereocenters. The Balaban J connectivity index is 2.94. The number of aliphatic hydroxyl groups is 2. The van der Waals surface area contributed by atoms with Crippen LogP contribution in [0.5, 0.6) is 0 Å². The van der Waals surface area contributed by atoms with Crippen molar-refractivity contribution in [3.05, 3.63) is 29.6 Å². The molecular weight excluding hydrogens is 266 g/mol. The molecule has 0 bridgehead atoms. The Hall–Kier alpha value is -0.980. The molecule has 1 aromatic rings. The highest BCUT2D eigenvalue weighted by Crippen LogP contribution is 2.16. The van der Waals surface area contributed by atoms with E-state index in [4.69, 9.17) is 5.11 Å². The third kappa shape index (κ3) is 2.98. The highest BCUT2D eigenvalue weighted by Gasteiger charge is 2.19. The number of nitrogens with zero attached hydrogens (tertiary/aromatic N) is 1. The average molecular weight is 276 g/mol. The minimum Gasteiger partial charge on any atom is -0.478 e. The minimum absolute atomic E-state index is 0.0285. The zero-order valence-electron chi connectivity index (χ0n) is 7.67. The molecule has 0 radical (unpaired) electrons. The number of aromatic nitrogens is 1. The smallest absolute Gasteiger partial charge is 0.335 e. The van der Waals surface area contributed by atoms with E-state index in [2.05, 4.69) is 20.9 Å². The normalized spacial score (nSPS) is 14.6. The van der Waals surface area contributed by atoms with Gasteiger partial charge in [0.05, 0.1) is 17.4 Å². The van der Waals surface area contributed by atoms with Crippen molar-refractivity contribution in [2.24, 2.45) is 0 Å². The van der Waals surface area contributed by atoms with Gasteiger partial charge >= 0.3 is 5.97 Å². The van der Waals surface area contributed by atoms with Crippen LogP contribution in [-0.2, 0) is 0 Å². The van der Waals surface area contributed by atoms with E-state index in [1.54, 1.807) is 0 Å². The van der Waals surface area contributed by atoms with Crippen LogP contribution >= 0.6 is 15.9 Å². The number of rotatable bonds is 4. The van der Waals surface area contributed by atoms with Gasteiger partial charge in [-0.15, -0.1) is 0 Å². The van der Waals surface area contributed by atoms with Crippen molar-refractivity contribution in [1.82, 2.24) is 4.98 Å². The highest BCUT2D eigenvalue weighted by molar-refractivity contribution is 9.09. The van der Waals surface area contributed by atoms with E-state index in [-0.39, 0.29) is 16.6 Å². The maximum Gasteiger partial charge on any atom is 0.335 e. The SMILES string of the molecule is O=C(O)c1ccnc(C(O)C(O)CBr)c1. The van der Waals surface area contributed by atoms with Gasteiger partial charge in [-0.25, -0.2) is 4.79 Å². The van der Waals surface area contributed by atoms with Gasteiger partial charge < -0.3 is 15.3 Å². The van der Waals surface area contributed by atoms with E-state index < -0.39 is 18.2 Å². The summed E-state index contributed by atoms with van der Waals surface area (Å²) in [5.74, 6) is -1.10. The molecule has 2 atom stereocenters. The molecule has 15 heavy (non-hydrogen) atoms. The number of halogens is 1. The first-order chi connectivity index (χ1) is 7.06. The van der Waals surface area contributed by atoms with E-state index in [9.17, 15) is 15.0 Å². The van der Waals surface area contributed by atoms with Crippen molar-refractivity contribution in [2.45, 2.75) is 12.2 Å². The van der Waals surface area contributed by atoms with Crippen LogP contribution in [-0.4, -0.2) is 37.7 Å². The summed E-state index contributed by atoms with van der Waals surface area (Å²) in [6.07, 6.45) is -0.923. The third-order valence-electron chi connectivity index (χ3n) is 1.85. The Morgan fingerprint density at radius 1 is 1.53 bits per heavy atom. The Morgan fingerprint density at radius 2 is 2.20 bits per heavy atom. The zero-order chi connectivity index (χ0) is 11.4. The predicted octanol–water partition coefficient (Wildman–Crippen LogP) is 0.569. The van der Waals surface area contributed by atoms with Gasteiger partial charge in [0.25, 0.3) is 0 Å². The van der Waals surface area contributed by atoms with E-state index in [1.807, 2.05) is 0 Å². The number of hydrogen-bond acceptors (Lipinski definition) is 4. The maximum atomic E-state index is 10.6. The zero-order valence-corrected chi connectivity index (χ0v) is 9.25. The molecular formula is C9H10BrNO4. The molecule has 1 aromatic heterocycles. The molecule has 0 spiro atoms. The first-order valence-corrected chi connectivity index (χ1v) is 5.29. The first-order valence-electron chi connectivity index (χ1n) is 4.17. The molecule has 0 aliphatic carbocycles. The summed E-state index contributed by atoms with van der Waals surface area (Å²) < 4.78 is 0. The molecule has 6 heteroatoms. The van der Waals surface area contributed by atoms with Gasteiger partial charge in [-0.1, -0.05) is 15.9 Å². The van der Waals surface area contributed by atoms with Crippen LogP contribution in [0.15, 0.2) is 18.3 Å². The molecule has 0 fully saturated rings. The largest absolute Gasteiger partial charge is 0.478 e. The summed E-state index contributed by atoms with van der Waals surface area (Å²) in [5, 5.41) is 27.8. The monoisotopic (exact) mass is 275 g/mol. The van der Waals surface area contributed by atoms with Crippen molar-refractivity contribution in [3.63, 3.8) is 0 Å². The van der Waals surface area contributed by atoms with Gasteiger partial charge in [0.1, 0.15) is 6.10 Å². The molecule has 0 saturated carbocycles. The second-order valence-corrected chi connectivity index (χ2v) is 3.59. The van der Waals surface area contributed by atoms with Crippen molar-refractivity contribution in [2.75, 3.05) is 5.33 Å². The molecule has 5 nitrogen and oxygen atoms in total. The van der Waals surface area contributed by atoms with E-state index >= 15 is 0 Å². The van der Waals surface area contributed by atoms with Gasteiger partial charge in [-0.2, -0.15) is 0 Å². The lowest BCUT2D eigenvalue weighted by atomic mass is 10.1. The van der Waals surface area contributed by atoms with Gasteiger partial charge in [0.2, 0.25) is 0 Å². The van der Waals surface area contributed by atoms with Crippen LogP contribution in [0.25, 0.3) is 0 Å². The van der Waals surface area contributed by atoms with E-state index in [0.29, 0.717) is 0 Å². The summed E-state index contributed by atoms with van der Waals surface area (Å²) in [5.41, 5.74) is 0.169. The van der Waals surface area contributed by atoms with Crippen LogP contribution in [0.2, 0.25) is 0 Å². The van der Waals surface area contributed by atoms with Gasteiger partial charge in [0.15, 0.2) is 0 Å². The Morgan fingerprint density at radius 3 is 2.73 bits per heavy atom. The van der Waals surface area contributed by atoms with Crippen molar-refractivity contribution in [3.8, 4) is 0 Å². The third-order valence-corrected chi connectivity index (χ3v) is 2.52. The van der Waals surface area contributed by atoms with Gasteiger partial charge in [0, 0.05) is 11.5 Å². The topological polar surface area (TPSA) is 90.7 Å². The lowest BCUT2D eigenvalue weighted by Gasteiger charge is -2.14. The molecule has 1 heterocycles. The minimum atomic E-state index is -1.19. The molecule has 0 aliphatic rings. The van der Waals surface area contributed by atoms with Crippen LogP contribution in [0, 0.1) is 0 Å². The molecule has 0 aliphatic heterocycles. The number of carboxylic acid groups (broad SMARTS) is 1. The van der Waals surface area contributed by atoms with Gasteiger partial charge in [-0.3, -0.25) is 4.98 Å². The Labute approximate surface area is 94.5 Å². The van der Waals surface area contributed by atoms with E-state index in [0.717, 1.165) is 0 Å². The van der Waals surface area contributed by atoms with Crippen molar-refractivity contribution < 1.29 is 20.1 Å². The highest BCUT2D eigenvalue weighted by atomic mass is 79.9. The van der Waals surface area contributed by atoms with Crippen molar-refractivity contribution in [1.29, 1.82) is 0 Å². The Bertz CT molecular complexity index is 358. The fourth-order valence-corrected chi connectivity index (χ4v) is 1.38. The standard InChI is InChI=1S/C9H10BrNO4/c10-4-7(12)8(13)6-3-5(9(14)15)1-2-11-6/h1-3,7-8,12-13H,4H2,(H,14,15). The molecule has 0 saturated heterocycles. The lowest BCUT2D eigenvalue weighted by molar-refractivity contribution is 0.0314. The fourth-order valence-electron chi connectivity index (χ4n) is 1.02. The average Bonchev–Trinajstić information content (AvgIpc) is 2.27. The van der Waals surface area contributed by atoms with E-state index in [1.165, 1.54) is 18.3 Å². The van der Waals surface area contributed by atoms with Gasteiger partial charge in [-0.05, 0) is 12.1 Å². The second-order valence-electron chi connectivity index (χ2n) is 2.94. The predicted molar refractivity (Wildman–Crippen MR) is 56.0 cm³/mol. The molecule has 82 valence electrons. The number of hydrogen-bond donors (Lipinski definition) is 3. The number of pyridine rings is 1.